The van der Waals surface area contributed by atoms with Gasteiger partial charge in [0, 0.05) is 6.04 Å². The number of amides is 2. The number of nitrogens with one attached hydrogen (secondary N) is 2. The predicted molar refractivity (Wildman–Crippen MR) is 76.8 cm³/mol. The fourth-order valence-corrected chi connectivity index (χ4v) is 2.64. The van der Waals surface area contributed by atoms with Crippen molar-refractivity contribution in [3.63, 3.8) is 0 Å². The summed E-state index contributed by atoms with van der Waals surface area (Å²) < 4.78 is 4.75. The standard InChI is InChI=1S/C14H17ClN2O3/c1-20-13(18)9-5-4-8-11(9)16-14(19)17-12-7-3-2-6-10(12)15/h2-3,6-7,9,11H,4-5,8H2,1H3,(H2,16,17,19)/t9-,11-/m0/s1. The highest BCUT2D eigenvalue weighted by atomic mass is 35.5. The van der Waals surface area contributed by atoms with Gasteiger partial charge in [-0.15, -0.1) is 0 Å². The van der Waals surface area contributed by atoms with Crippen LogP contribution in [0, 0.1) is 5.92 Å². The van der Waals surface area contributed by atoms with Crippen LogP contribution in [0.15, 0.2) is 24.3 Å². The van der Waals surface area contributed by atoms with Crippen LogP contribution >= 0.6 is 11.6 Å². The third-order valence-electron chi connectivity index (χ3n) is 3.46. The quantitative estimate of drug-likeness (QED) is 0.843. The number of urea groups is 1. The SMILES string of the molecule is COC(=O)[C@H]1CCC[C@@H]1NC(=O)Nc1ccccc1Cl. The molecular weight excluding hydrogens is 280 g/mol. The second-order valence-electron chi connectivity index (χ2n) is 4.75. The molecule has 6 heteroatoms. The first-order valence-corrected chi connectivity index (χ1v) is 6.89. The molecule has 0 radical (unpaired) electrons. The Morgan fingerprint density at radius 2 is 2.05 bits per heavy atom. The molecule has 2 N–H and O–H groups in total. The lowest BCUT2D eigenvalue weighted by Crippen LogP contribution is -2.42. The van der Waals surface area contributed by atoms with Gasteiger partial charge >= 0.3 is 12.0 Å². The zero-order chi connectivity index (χ0) is 14.5. The van der Waals surface area contributed by atoms with Crippen LogP contribution in [0.4, 0.5) is 10.5 Å². The van der Waals surface area contributed by atoms with Crippen molar-refractivity contribution in [1.82, 2.24) is 5.32 Å². The summed E-state index contributed by atoms with van der Waals surface area (Å²) in [5, 5.41) is 5.96. The molecule has 0 spiro atoms. The summed E-state index contributed by atoms with van der Waals surface area (Å²) in [6.07, 6.45) is 2.41. The monoisotopic (exact) mass is 296 g/mol. The fourth-order valence-electron chi connectivity index (χ4n) is 2.46. The number of hydrogen-bond donors (Lipinski definition) is 2. The lowest BCUT2D eigenvalue weighted by molar-refractivity contribution is -0.145. The minimum atomic E-state index is -0.362. The van der Waals surface area contributed by atoms with E-state index in [4.69, 9.17) is 16.3 Å². The largest absolute Gasteiger partial charge is 0.469 e. The van der Waals surface area contributed by atoms with Gasteiger partial charge in [-0.1, -0.05) is 30.2 Å². The zero-order valence-electron chi connectivity index (χ0n) is 11.2. The summed E-state index contributed by atoms with van der Waals surface area (Å²) in [7, 11) is 1.36. The Labute approximate surface area is 122 Å². The first-order valence-electron chi connectivity index (χ1n) is 6.51. The Kier molecular flexibility index (Phi) is 4.84. The number of benzene rings is 1. The highest BCUT2D eigenvalue weighted by Gasteiger charge is 2.34. The lowest BCUT2D eigenvalue weighted by Gasteiger charge is -2.19. The number of para-hydroxylation sites is 1. The van der Waals surface area contributed by atoms with Gasteiger partial charge in [0.25, 0.3) is 0 Å². The molecule has 0 bridgehead atoms. The highest BCUT2D eigenvalue weighted by Crippen LogP contribution is 2.27. The van der Waals surface area contributed by atoms with Crippen LogP contribution in [-0.2, 0) is 9.53 Å². The Balaban J connectivity index is 1.94. The third-order valence-corrected chi connectivity index (χ3v) is 3.79. The van der Waals surface area contributed by atoms with Crippen LogP contribution in [0.1, 0.15) is 19.3 Å². The number of halogens is 1. The Morgan fingerprint density at radius 3 is 2.75 bits per heavy atom. The molecule has 108 valence electrons. The molecule has 2 atom stereocenters. The van der Waals surface area contributed by atoms with E-state index in [9.17, 15) is 9.59 Å². The second kappa shape index (κ2) is 6.61. The van der Waals surface area contributed by atoms with Crippen LogP contribution < -0.4 is 10.6 Å². The van der Waals surface area contributed by atoms with E-state index in [1.165, 1.54) is 7.11 Å². The molecule has 2 rings (SSSR count). The van der Waals surface area contributed by atoms with Gasteiger partial charge in [0.05, 0.1) is 23.7 Å². The molecule has 1 aromatic rings. The summed E-state index contributed by atoms with van der Waals surface area (Å²) in [6.45, 7) is 0. The summed E-state index contributed by atoms with van der Waals surface area (Å²) in [6, 6.07) is 6.44. The Morgan fingerprint density at radius 1 is 1.30 bits per heavy atom. The maximum Gasteiger partial charge on any atom is 0.319 e. The van der Waals surface area contributed by atoms with Crippen LogP contribution in [0.25, 0.3) is 0 Å². The van der Waals surface area contributed by atoms with Gasteiger partial charge in [0.2, 0.25) is 0 Å². The first kappa shape index (κ1) is 14.7. The van der Waals surface area contributed by atoms with E-state index in [1.807, 2.05) is 0 Å². The normalized spacial score (nSPS) is 21.3. The van der Waals surface area contributed by atoms with Crippen molar-refractivity contribution in [2.45, 2.75) is 25.3 Å². The van der Waals surface area contributed by atoms with Crippen LogP contribution in [0.2, 0.25) is 5.02 Å². The molecule has 0 aliphatic heterocycles. The molecule has 0 saturated heterocycles. The number of esters is 1. The van der Waals surface area contributed by atoms with E-state index in [2.05, 4.69) is 10.6 Å². The van der Waals surface area contributed by atoms with E-state index >= 15 is 0 Å². The molecule has 1 aliphatic carbocycles. The number of carbonyl (C=O) groups excluding carboxylic acids is 2. The zero-order valence-corrected chi connectivity index (χ0v) is 11.9. The summed E-state index contributed by atoms with van der Waals surface area (Å²) in [5.74, 6) is -0.539. The average Bonchev–Trinajstić information content (AvgIpc) is 2.88. The van der Waals surface area contributed by atoms with Crippen molar-refractivity contribution in [2.24, 2.45) is 5.92 Å². The Hall–Kier alpha value is -1.75. The predicted octanol–water partition coefficient (Wildman–Crippen LogP) is 2.80. The van der Waals surface area contributed by atoms with Gasteiger partial charge in [-0.2, -0.15) is 0 Å². The van der Waals surface area contributed by atoms with Crippen molar-refractivity contribution >= 4 is 29.3 Å². The molecule has 1 aliphatic rings. The van der Waals surface area contributed by atoms with Gasteiger partial charge in [0.1, 0.15) is 0 Å². The van der Waals surface area contributed by atoms with Crippen molar-refractivity contribution in [3.05, 3.63) is 29.3 Å². The number of methoxy groups -OCH3 is 1. The molecule has 1 aromatic carbocycles. The molecule has 0 unspecified atom stereocenters. The van der Waals surface area contributed by atoms with Crippen LogP contribution in [0.3, 0.4) is 0 Å². The molecule has 0 heterocycles. The number of carbonyl (C=O) groups is 2. The Bertz CT molecular complexity index is 507. The van der Waals surface area contributed by atoms with E-state index in [1.54, 1.807) is 24.3 Å². The second-order valence-corrected chi connectivity index (χ2v) is 5.15. The van der Waals surface area contributed by atoms with Gasteiger partial charge < -0.3 is 15.4 Å². The molecule has 5 nitrogen and oxygen atoms in total. The average molecular weight is 297 g/mol. The summed E-state index contributed by atoms with van der Waals surface area (Å²) >= 11 is 5.97. The molecule has 20 heavy (non-hydrogen) atoms. The topological polar surface area (TPSA) is 67.4 Å². The first-order chi connectivity index (χ1) is 9.61. The molecule has 0 aromatic heterocycles. The lowest BCUT2D eigenvalue weighted by atomic mass is 10.0. The van der Waals surface area contributed by atoms with Gasteiger partial charge in [-0.25, -0.2) is 4.79 Å². The summed E-state index contributed by atoms with van der Waals surface area (Å²) in [4.78, 5) is 23.5. The maximum absolute atomic E-state index is 11.9. The molecule has 2 amide bonds. The van der Waals surface area contributed by atoms with Crippen LogP contribution in [0.5, 0.6) is 0 Å². The van der Waals surface area contributed by atoms with Gasteiger partial charge in [0.15, 0.2) is 0 Å². The number of ether oxygens (including phenoxy) is 1. The minimum absolute atomic E-state index is 0.190. The van der Waals surface area contributed by atoms with E-state index in [0.29, 0.717) is 10.7 Å². The number of hydrogen-bond acceptors (Lipinski definition) is 3. The maximum atomic E-state index is 11.9. The van der Waals surface area contributed by atoms with E-state index < -0.39 is 0 Å². The van der Waals surface area contributed by atoms with E-state index in [0.717, 1.165) is 19.3 Å². The van der Waals surface area contributed by atoms with Crippen molar-refractivity contribution < 1.29 is 14.3 Å². The van der Waals surface area contributed by atoms with Crippen molar-refractivity contribution in [2.75, 3.05) is 12.4 Å². The molecule has 1 fully saturated rings. The smallest absolute Gasteiger partial charge is 0.319 e. The molecular formula is C14H17ClN2O3. The van der Waals surface area contributed by atoms with Gasteiger partial charge in [-0.05, 0) is 25.0 Å². The van der Waals surface area contributed by atoms with Crippen molar-refractivity contribution in [3.8, 4) is 0 Å². The van der Waals surface area contributed by atoms with Crippen molar-refractivity contribution in [1.29, 1.82) is 0 Å². The number of anilines is 1. The highest BCUT2D eigenvalue weighted by molar-refractivity contribution is 6.33. The third kappa shape index (κ3) is 3.42. The van der Waals surface area contributed by atoms with Crippen LogP contribution in [-0.4, -0.2) is 25.2 Å². The number of rotatable bonds is 3. The van der Waals surface area contributed by atoms with E-state index in [-0.39, 0.29) is 24.0 Å². The van der Waals surface area contributed by atoms with Gasteiger partial charge in [-0.3, -0.25) is 4.79 Å². The summed E-state index contributed by atoms with van der Waals surface area (Å²) in [5.41, 5.74) is 0.541. The minimum Gasteiger partial charge on any atom is -0.469 e. The molecule has 1 saturated carbocycles. The fraction of sp³-hybridized carbons (Fsp3) is 0.429.